The molecule has 0 aromatic carbocycles. The first-order valence-corrected chi connectivity index (χ1v) is 7.60. The molecule has 1 heterocycles. The number of hydrogen-bond donors (Lipinski definition) is 1. The molecular formula is C18H15N5. The highest BCUT2D eigenvalue weighted by Crippen LogP contribution is 2.54. The van der Waals surface area contributed by atoms with Gasteiger partial charge in [-0.2, -0.15) is 15.8 Å². The summed E-state index contributed by atoms with van der Waals surface area (Å²) >= 11 is 0. The molecule has 0 radical (unpaired) electrons. The molecule has 5 heteroatoms. The summed E-state index contributed by atoms with van der Waals surface area (Å²) in [5.74, 6) is -1.24. The van der Waals surface area contributed by atoms with Crippen molar-refractivity contribution in [3.63, 3.8) is 0 Å². The average molecular weight is 301 g/mol. The fraction of sp³-hybridized carbons (Fsp3) is 0.389. The van der Waals surface area contributed by atoms with Crippen molar-refractivity contribution < 1.29 is 0 Å². The molecule has 1 aromatic heterocycles. The van der Waals surface area contributed by atoms with Crippen LogP contribution in [0.5, 0.6) is 0 Å². The predicted octanol–water partition coefficient (Wildman–Crippen LogP) is 3.10. The Hall–Kier alpha value is -2.97. The quantitative estimate of drug-likeness (QED) is 0.804. The van der Waals surface area contributed by atoms with E-state index in [0.717, 1.165) is 30.4 Å². The third-order valence-electron chi connectivity index (χ3n) is 4.99. The molecule has 1 saturated carbocycles. The van der Waals surface area contributed by atoms with Gasteiger partial charge in [-0.25, -0.2) is 0 Å². The smallest absolute Gasteiger partial charge is 0.189 e. The molecule has 1 N–H and O–H groups in total. The SMILES string of the molecule is N#CC1C(=N)C(C#N)(C#N)C(c2ccncc2)C2CCCC=C12. The van der Waals surface area contributed by atoms with Crippen LogP contribution in [-0.2, 0) is 0 Å². The molecule has 3 rings (SSSR count). The van der Waals surface area contributed by atoms with Crippen LogP contribution in [0.1, 0.15) is 30.7 Å². The first kappa shape index (κ1) is 14.9. The molecular weight excluding hydrogens is 286 g/mol. The maximum absolute atomic E-state index is 9.79. The van der Waals surface area contributed by atoms with Gasteiger partial charge in [-0.3, -0.25) is 4.98 Å². The fourth-order valence-corrected chi connectivity index (χ4v) is 3.96. The maximum Gasteiger partial charge on any atom is 0.189 e. The van der Waals surface area contributed by atoms with Gasteiger partial charge in [-0.1, -0.05) is 6.08 Å². The molecule has 3 unspecified atom stereocenters. The fourth-order valence-electron chi connectivity index (χ4n) is 3.96. The summed E-state index contributed by atoms with van der Waals surface area (Å²) in [6, 6.07) is 9.91. The number of nitriles is 3. The zero-order valence-electron chi connectivity index (χ0n) is 12.5. The van der Waals surface area contributed by atoms with E-state index in [-0.39, 0.29) is 11.6 Å². The van der Waals surface area contributed by atoms with Crippen LogP contribution in [0.25, 0.3) is 0 Å². The standard InChI is InChI=1S/C18H15N5/c19-9-15-13-3-1-2-4-14(13)16(12-5-7-23-8-6-12)18(10-20,11-21)17(15)22/h3,5-8,14-16,22H,1-2,4H2. The second-order valence-electron chi connectivity index (χ2n) is 6.01. The van der Waals surface area contributed by atoms with Crippen LogP contribution in [0.2, 0.25) is 0 Å². The van der Waals surface area contributed by atoms with Crippen molar-refractivity contribution in [3.05, 3.63) is 41.7 Å². The number of rotatable bonds is 1. The van der Waals surface area contributed by atoms with E-state index in [2.05, 4.69) is 23.2 Å². The van der Waals surface area contributed by atoms with Gasteiger partial charge < -0.3 is 5.41 Å². The van der Waals surface area contributed by atoms with E-state index in [9.17, 15) is 15.8 Å². The van der Waals surface area contributed by atoms with E-state index in [4.69, 9.17) is 5.41 Å². The first-order chi connectivity index (χ1) is 11.2. The van der Waals surface area contributed by atoms with Crippen LogP contribution >= 0.6 is 0 Å². The van der Waals surface area contributed by atoms with Crippen molar-refractivity contribution >= 4 is 5.71 Å². The molecule has 2 aliphatic rings. The molecule has 0 amide bonds. The van der Waals surface area contributed by atoms with Gasteiger partial charge >= 0.3 is 0 Å². The Labute approximate surface area is 135 Å². The summed E-state index contributed by atoms with van der Waals surface area (Å²) in [6.45, 7) is 0. The number of fused-ring (bicyclic) bond motifs is 1. The van der Waals surface area contributed by atoms with Gasteiger partial charge in [0.05, 0.1) is 23.9 Å². The molecule has 0 saturated heterocycles. The Morgan fingerprint density at radius 1 is 1.17 bits per heavy atom. The van der Waals surface area contributed by atoms with Gasteiger partial charge in [0, 0.05) is 18.3 Å². The highest BCUT2D eigenvalue weighted by Gasteiger charge is 2.57. The minimum atomic E-state index is -1.60. The third-order valence-corrected chi connectivity index (χ3v) is 4.99. The molecule has 5 nitrogen and oxygen atoms in total. The Balaban J connectivity index is 2.26. The zero-order valence-corrected chi connectivity index (χ0v) is 12.5. The summed E-state index contributed by atoms with van der Waals surface area (Å²) in [7, 11) is 0. The lowest BCUT2D eigenvalue weighted by Gasteiger charge is -2.45. The van der Waals surface area contributed by atoms with Crippen molar-refractivity contribution in [2.24, 2.45) is 17.3 Å². The largest absolute Gasteiger partial charge is 0.305 e. The summed E-state index contributed by atoms with van der Waals surface area (Å²) in [4.78, 5) is 4.01. The number of aromatic nitrogens is 1. The lowest BCUT2D eigenvalue weighted by Crippen LogP contribution is -2.48. The lowest BCUT2D eigenvalue weighted by atomic mass is 9.53. The molecule has 112 valence electrons. The number of nitrogens with zero attached hydrogens (tertiary/aromatic N) is 4. The maximum atomic E-state index is 9.79. The number of pyridine rings is 1. The van der Waals surface area contributed by atoms with Gasteiger partial charge in [0.15, 0.2) is 5.41 Å². The second kappa shape index (κ2) is 5.67. The van der Waals surface area contributed by atoms with Crippen molar-refractivity contribution in [1.82, 2.24) is 4.98 Å². The predicted molar refractivity (Wildman–Crippen MR) is 82.9 cm³/mol. The highest BCUT2D eigenvalue weighted by molar-refractivity contribution is 6.00. The Morgan fingerprint density at radius 3 is 2.48 bits per heavy atom. The van der Waals surface area contributed by atoms with E-state index in [1.807, 2.05) is 6.08 Å². The van der Waals surface area contributed by atoms with Gasteiger partial charge in [-0.15, -0.1) is 0 Å². The summed E-state index contributed by atoms with van der Waals surface area (Å²) < 4.78 is 0. The van der Waals surface area contributed by atoms with Crippen LogP contribution in [-0.4, -0.2) is 10.7 Å². The van der Waals surface area contributed by atoms with Crippen molar-refractivity contribution in [3.8, 4) is 18.2 Å². The molecule has 23 heavy (non-hydrogen) atoms. The van der Waals surface area contributed by atoms with E-state index < -0.39 is 17.3 Å². The molecule has 0 spiro atoms. The molecule has 0 bridgehead atoms. The van der Waals surface area contributed by atoms with E-state index >= 15 is 0 Å². The van der Waals surface area contributed by atoms with Gasteiger partial charge in [0.25, 0.3) is 0 Å². The lowest BCUT2D eigenvalue weighted by molar-refractivity contribution is 0.320. The Bertz CT molecular complexity index is 773. The van der Waals surface area contributed by atoms with E-state index in [0.29, 0.717) is 0 Å². The van der Waals surface area contributed by atoms with Crippen LogP contribution in [0.3, 0.4) is 0 Å². The average Bonchev–Trinajstić information content (AvgIpc) is 2.61. The van der Waals surface area contributed by atoms with Crippen LogP contribution < -0.4 is 0 Å². The molecule has 1 aromatic rings. The van der Waals surface area contributed by atoms with Crippen molar-refractivity contribution in [2.75, 3.05) is 0 Å². The molecule has 3 atom stereocenters. The topological polar surface area (TPSA) is 108 Å². The Kier molecular flexibility index (Phi) is 3.68. The summed E-state index contributed by atoms with van der Waals surface area (Å²) in [5.41, 5.74) is 0.0612. The van der Waals surface area contributed by atoms with Gasteiger partial charge in [-0.05, 0) is 48.4 Å². The molecule has 1 fully saturated rings. The summed E-state index contributed by atoms with van der Waals surface area (Å²) in [5, 5.41) is 37.5. The van der Waals surface area contributed by atoms with Gasteiger partial charge in [0.2, 0.25) is 0 Å². The van der Waals surface area contributed by atoms with Crippen molar-refractivity contribution in [1.29, 1.82) is 21.2 Å². The first-order valence-electron chi connectivity index (χ1n) is 7.60. The number of hydrogen-bond acceptors (Lipinski definition) is 5. The zero-order chi connectivity index (χ0) is 16.4. The minimum absolute atomic E-state index is 0.0517. The summed E-state index contributed by atoms with van der Waals surface area (Å²) in [6.07, 6.45) is 7.99. The van der Waals surface area contributed by atoms with Gasteiger partial charge in [0.1, 0.15) is 5.92 Å². The normalized spacial score (nSPS) is 28.5. The highest BCUT2D eigenvalue weighted by atomic mass is 14.7. The monoisotopic (exact) mass is 301 g/mol. The number of allylic oxidation sites excluding steroid dienone is 2. The Morgan fingerprint density at radius 2 is 1.87 bits per heavy atom. The van der Waals surface area contributed by atoms with Crippen LogP contribution in [0.4, 0.5) is 0 Å². The van der Waals surface area contributed by atoms with E-state index in [1.165, 1.54) is 0 Å². The molecule has 0 aliphatic heterocycles. The van der Waals surface area contributed by atoms with E-state index in [1.54, 1.807) is 24.5 Å². The third kappa shape index (κ3) is 2.04. The number of nitrogens with one attached hydrogen (secondary N) is 1. The van der Waals surface area contributed by atoms with Crippen molar-refractivity contribution in [2.45, 2.75) is 25.2 Å². The van der Waals surface area contributed by atoms with Crippen LogP contribution in [0, 0.1) is 56.7 Å². The molecule has 2 aliphatic carbocycles. The minimum Gasteiger partial charge on any atom is -0.305 e. The van der Waals surface area contributed by atoms with Crippen LogP contribution in [0.15, 0.2) is 36.2 Å². The second-order valence-corrected chi connectivity index (χ2v) is 6.01.